The average molecular weight is 503 g/mol. The number of ether oxygens (including phenoxy) is 2. The summed E-state index contributed by atoms with van der Waals surface area (Å²) in [6.07, 6.45) is 1.24. The molecule has 9 nitrogen and oxygen atoms in total. The summed E-state index contributed by atoms with van der Waals surface area (Å²) < 4.78 is 26.4. The zero-order valence-corrected chi connectivity index (χ0v) is 19.6. The number of nitrogens with zero attached hydrogens (tertiary/aromatic N) is 4. The molecule has 11 heteroatoms. The van der Waals surface area contributed by atoms with Gasteiger partial charge in [-0.2, -0.15) is 0 Å². The predicted octanol–water partition coefficient (Wildman–Crippen LogP) is 2.31. The van der Waals surface area contributed by atoms with Crippen LogP contribution in [0.15, 0.2) is 30.9 Å². The van der Waals surface area contributed by atoms with Gasteiger partial charge < -0.3 is 29.3 Å². The maximum atomic E-state index is 14.8. The van der Waals surface area contributed by atoms with Crippen LogP contribution in [0.2, 0.25) is 5.02 Å². The molecule has 0 spiro atoms. The second-order valence-electron chi connectivity index (χ2n) is 8.49. The lowest BCUT2D eigenvalue weighted by Crippen LogP contribution is -2.57. The number of amides is 2. The molecule has 1 aromatic carbocycles. The summed E-state index contributed by atoms with van der Waals surface area (Å²) in [6.45, 7) is 6.34. The Bertz CT molecular complexity index is 1180. The van der Waals surface area contributed by atoms with E-state index in [0.717, 1.165) is 0 Å². The van der Waals surface area contributed by atoms with Crippen molar-refractivity contribution in [1.82, 2.24) is 14.8 Å². The summed E-state index contributed by atoms with van der Waals surface area (Å²) in [5.41, 5.74) is -0.00305. The highest BCUT2D eigenvalue weighted by Gasteiger charge is 2.41. The minimum atomic E-state index is -0.705. The number of aromatic nitrogens is 1. The van der Waals surface area contributed by atoms with Crippen LogP contribution in [0, 0.1) is 5.82 Å². The molecule has 1 aromatic heterocycles. The second kappa shape index (κ2) is 9.35. The molecule has 0 saturated carbocycles. The first-order valence-corrected chi connectivity index (χ1v) is 11.7. The Labute approximate surface area is 206 Å². The fourth-order valence-corrected chi connectivity index (χ4v) is 4.98. The van der Waals surface area contributed by atoms with E-state index in [1.54, 1.807) is 9.80 Å². The van der Waals surface area contributed by atoms with Crippen molar-refractivity contribution in [3.05, 3.63) is 47.3 Å². The number of hydrogen-bond donors (Lipinski definition) is 1. The highest BCUT2D eigenvalue weighted by molar-refractivity contribution is 6.35. The van der Waals surface area contributed by atoms with Crippen molar-refractivity contribution >= 4 is 29.2 Å². The zero-order valence-electron chi connectivity index (χ0n) is 18.9. The summed E-state index contributed by atoms with van der Waals surface area (Å²) >= 11 is 6.70. The largest absolute Gasteiger partial charge is 0.507 e. The van der Waals surface area contributed by atoms with Crippen LogP contribution < -0.4 is 9.64 Å². The average Bonchev–Trinajstić information content (AvgIpc) is 3.02. The summed E-state index contributed by atoms with van der Waals surface area (Å²) in [4.78, 5) is 35.8. The smallest absolute Gasteiger partial charge is 0.261 e. The quantitative estimate of drug-likeness (QED) is 0.643. The summed E-state index contributed by atoms with van der Waals surface area (Å²) in [5.74, 6) is -1.20. The van der Waals surface area contributed by atoms with E-state index in [2.05, 4.69) is 11.6 Å². The Kier molecular flexibility index (Phi) is 6.24. The highest BCUT2D eigenvalue weighted by Crippen LogP contribution is 2.46. The van der Waals surface area contributed by atoms with E-state index in [4.69, 9.17) is 21.1 Å². The van der Waals surface area contributed by atoms with Crippen molar-refractivity contribution in [1.29, 1.82) is 0 Å². The predicted molar refractivity (Wildman–Crippen MR) is 126 cm³/mol. The van der Waals surface area contributed by atoms with Crippen molar-refractivity contribution in [3.63, 3.8) is 0 Å². The number of hydrogen-bond acceptors (Lipinski definition) is 7. The van der Waals surface area contributed by atoms with Gasteiger partial charge in [-0.3, -0.25) is 9.59 Å². The normalized spacial score (nSPS) is 20.0. The van der Waals surface area contributed by atoms with Crippen molar-refractivity contribution < 1.29 is 28.6 Å². The number of fused-ring (bicyclic) bond motifs is 2. The number of rotatable bonds is 3. The van der Waals surface area contributed by atoms with Gasteiger partial charge in [-0.05, 0) is 18.2 Å². The molecule has 0 bridgehead atoms. The number of aromatic hydroxyl groups is 1. The maximum Gasteiger partial charge on any atom is 0.261 e. The van der Waals surface area contributed by atoms with Crippen LogP contribution in [0.1, 0.15) is 10.4 Å². The minimum absolute atomic E-state index is 0.0151. The van der Waals surface area contributed by atoms with Crippen LogP contribution in [-0.4, -0.2) is 90.3 Å². The molecule has 2 fully saturated rings. The number of halogens is 2. The van der Waals surface area contributed by atoms with Gasteiger partial charge in [-0.1, -0.05) is 24.2 Å². The monoisotopic (exact) mass is 502 g/mol. The summed E-state index contributed by atoms with van der Waals surface area (Å²) in [5, 5.41) is 10.4. The van der Waals surface area contributed by atoms with Crippen molar-refractivity contribution in [3.8, 4) is 22.8 Å². The van der Waals surface area contributed by atoms with Gasteiger partial charge in [-0.15, -0.1) is 0 Å². The molecule has 35 heavy (non-hydrogen) atoms. The number of anilines is 1. The van der Waals surface area contributed by atoms with E-state index in [9.17, 15) is 19.1 Å². The Hall–Kier alpha value is -3.37. The molecular formula is C24H24ClFN4O5. The molecule has 3 aliphatic rings. The van der Waals surface area contributed by atoms with Crippen LogP contribution in [-0.2, 0) is 9.53 Å². The Balaban J connectivity index is 1.65. The molecule has 0 radical (unpaired) electrons. The zero-order chi connectivity index (χ0) is 24.7. The third-order valence-electron chi connectivity index (χ3n) is 6.48. The highest BCUT2D eigenvalue weighted by atomic mass is 35.5. The number of phenols is 1. The fourth-order valence-electron chi connectivity index (χ4n) is 4.69. The molecule has 1 atom stereocenters. The van der Waals surface area contributed by atoms with E-state index in [-0.39, 0.29) is 58.3 Å². The summed E-state index contributed by atoms with van der Waals surface area (Å²) in [7, 11) is 0. The molecule has 5 rings (SSSR count). The third-order valence-corrected chi connectivity index (χ3v) is 6.83. The molecular weight excluding hydrogens is 479 g/mol. The van der Waals surface area contributed by atoms with Crippen LogP contribution in [0.5, 0.6) is 11.5 Å². The lowest BCUT2D eigenvalue weighted by molar-refractivity contribution is -0.128. The van der Waals surface area contributed by atoms with Gasteiger partial charge in [0, 0.05) is 32.7 Å². The fraction of sp³-hybridized carbons (Fsp3) is 0.375. The number of pyridine rings is 1. The number of carbonyl (C=O) groups excluding carboxylic acids is 2. The van der Waals surface area contributed by atoms with Crippen molar-refractivity contribution in [2.24, 2.45) is 0 Å². The molecule has 1 N–H and O–H groups in total. The standard InChI is InChI=1S/C24H24ClFN4O5/c1-2-17(32)29-6-7-30-14(12-29)13-35-22-19(24(30)33)23(28-8-10-34-11-9-28)27-21(20(22)25)18-15(26)4-3-5-16(18)31/h2-5,14,31H,1,6-13H2. The molecule has 4 heterocycles. The van der Waals surface area contributed by atoms with E-state index >= 15 is 0 Å². The third kappa shape index (κ3) is 4.06. The molecule has 2 saturated heterocycles. The van der Waals surface area contributed by atoms with Gasteiger partial charge in [0.15, 0.2) is 5.75 Å². The topological polar surface area (TPSA) is 95.4 Å². The van der Waals surface area contributed by atoms with Crippen LogP contribution >= 0.6 is 11.6 Å². The first kappa shape index (κ1) is 23.4. The number of carbonyl (C=O) groups is 2. The van der Waals surface area contributed by atoms with Crippen molar-refractivity contribution in [2.45, 2.75) is 6.04 Å². The van der Waals surface area contributed by atoms with E-state index < -0.39 is 11.9 Å². The van der Waals surface area contributed by atoms with E-state index in [0.29, 0.717) is 45.2 Å². The number of piperazine rings is 1. The molecule has 2 aromatic rings. The minimum Gasteiger partial charge on any atom is -0.507 e. The molecule has 3 aliphatic heterocycles. The SMILES string of the molecule is C=CC(=O)N1CCN2C(=O)c3c(N4CCOCC4)nc(-c4c(O)cccc4F)c(Cl)c3OCC2C1. The van der Waals surface area contributed by atoms with Crippen molar-refractivity contribution in [2.75, 3.05) is 57.4 Å². The molecule has 1 unspecified atom stereocenters. The number of phenolic OH excluding ortho intramolecular Hbond substituents is 1. The van der Waals surface area contributed by atoms with Gasteiger partial charge in [0.1, 0.15) is 40.3 Å². The van der Waals surface area contributed by atoms with Gasteiger partial charge in [0.25, 0.3) is 5.91 Å². The van der Waals surface area contributed by atoms with Crippen LogP contribution in [0.25, 0.3) is 11.3 Å². The molecule has 2 amide bonds. The second-order valence-corrected chi connectivity index (χ2v) is 8.87. The van der Waals surface area contributed by atoms with Gasteiger partial charge >= 0.3 is 0 Å². The van der Waals surface area contributed by atoms with Gasteiger partial charge in [0.2, 0.25) is 5.91 Å². The summed E-state index contributed by atoms with van der Waals surface area (Å²) in [6, 6.07) is 3.51. The molecule has 184 valence electrons. The van der Waals surface area contributed by atoms with Crippen LogP contribution in [0.4, 0.5) is 10.2 Å². The number of morpholine rings is 1. The Morgan fingerprint density at radius 2 is 2.00 bits per heavy atom. The maximum absolute atomic E-state index is 14.8. The lowest BCUT2D eigenvalue weighted by Gasteiger charge is -2.39. The van der Waals surface area contributed by atoms with Gasteiger partial charge in [-0.25, -0.2) is 9.37 Å². The first-order chi connectivity index (χ1) is 16.9. The van der Waals surface area contributed by atoms with E-state index in [1.165, 1.54) is 24.3 Å². The Morgan fingerprint density at radius 1 is 1.23 bits per heavy atom. The number of benzene rings is 1. The van der Waals surface area contributed by atoms with Gasteiger partial charge in [0.05, 0.1) is 24.8 Å². The van der Waals surface area contributed by atoms with Crippen LogP contribution in [0.3, 0.4) is 0 Å². The molecule has 0 aliphatic carbocycles. The first-order valence-electron chi connectivity index (χ1n) is 11.3. The van der Waals surface area contributed by atoms with E-state index in [1.807, 2.05) is 4.90 Å². The lowest BCUT2D eigenvalue weighted by atomic mass is 10.0. The Morgan fingerprint density at radius 3 is 2.71 bits per heavy atom.